The zero-order chi connectivity index (χ0) is 34.1. The van der Waals surface area contributed by atoms with Crippen molar-refractivity contribution in [2.75, 3.05) is 19.7 Å². The van der Waals surface area contributed by atoms with Crippen LogP contribution in [0.5, 0.6) is 0 Å². The molecular weight excluding hydrogens is 582 g/mol. The minimum absolute atomic E-state index is 0.152. The van der Waals surface area contributed by atoms with E-state index in [9.17, 15) is 19.5 Å². The van der Waals surface area contributed by atoms with Crippen LogP contribution in [0.2, 0.25) is 0 Å². The monoisotopic (exact) mass is 651 g/mol. The molecular formula is C37H68N3O6-. The molecule has 3 amide bonds. The van der Waals surface area contributed by atoms with E-state index >= 15 is 0 Å². The van der Waals surface area contributed by atoms with Crippen molar-refractivity contribution in [1.82, 2.24) is 10.2 Å². The van der Waals surface area contributed by atoms with Gasteiger partial charge in [0.1, 0.15) is 6.10 Å². The van der Waals surface area contributed by atoms with Crippen LogP contribution in [-0.2, 0) is 19.1 Å². The summed E-state index contributed by atoms with van der Waals surface area (Å²) in [5, 5.41) is 15.5. The van der Waals surface area contributed by atoms with Gasteiger partial charge in [-0.25, -0.2) is 4.79 Å². The van der Waals surface area contributed by atoms with E-state index in [1.54, 1.807) is 18.7 Å². The van der Waals surface area contributed by atoms with Gasteiger partial charge in [0, 0.05) is 30.4 Å². The van der Waals surface area contributed by atoms with Crippen LogP contribution >= 0.6 is 0 Å². The van der Waals surface area contributed by atoms with E-state index in [2.05, 4.69) is 12.2 Å². The first-order valence-corrected chi connectivity index (χ1v) is 18.7. The van der Waals surface area contributed by atoms with Crippen molar-refractivity contribution in [3.8, 4) is 0 Å². The first kappa shape index (κ1) is 40.3. The lowest BCUT2D eigenvalue weighted by Gasteiger charge is -2.51. The molecule has 1 aliphatic carbocycles. The summed E-state index contributed by atoms with van der Waals surface area (Å²) in [6, 6.07) is -0.601. The molecule has 0 aromatic rings. The standard InChI is InChI=1S/C37H69N3O6/c1-6-7-8-9-10-11-12-13-14-15-16-17-18-19-20-24-27-40(34(38)44)37(25-22-21-23-26-37)30(33(42)43)28-39-32(41)31-35(2,3)29-45-36(4,5)46-31/h30-31H,6-29H2,1-5H3,(H2,38,44)(H,39,41)(H,42,43)/p-1. The Kier molecular flexibility index (Phi) is 17.9. The molecule has 2 unspecified atom stereocenters. The van der Waals surface area contributed by atoms with Crippen molar-refractivity contribution in [3.63, 3.8) is 0 Å². The number of nitrogens with two attached hydrogens (primary N) is 1. The maximum absolute atomic E-state index is 13.3. The van der Waals surface area contributed by atoms with Crippen LogP contribution in [0.4, 0.5) is 4.79 Å². The smallest absolute Gasteiger partial charge is 0.315 e. The highest BCUT2D eigenvalue weighted by molar-refractivity contribution is 5.83. The second kappa shape index (κ2) is 20.5. The Morgan fingerprint density at radius 1 is 0.804 bits per heavy atom. The SMILES string of the molecule is CCCCCCCCCCCCCCCCCCN(C(N)=O)C1(C(CNC(=O)C2OC(C)(C)OCC2(C)C)C(=O)[O-])CCCCC1. The van der Waals surface area contributed by atoms with E-state index in [-0.39, 0.29) is 12.5 Å². The third kappa shape index (κ3) is 13.3. The van der Waals surface area contributed by atoms with Crippen molar-refractivity contribution in [2.45, 2.75) is 187 Å². The molecule has 2 aliphatic rings. The molecule has 0 spiro atoms. The number of amides is 3. The van der Waals surface area contributed by atoms with Gasteiger partial charge >= 0.3 is 6.03 Å². The number of rotatable bonds is 23. The zero-order valence-corrected chi connectivity index (χ0v) is 30.1. The molecule has 1 heterocycles. The second-order valence-electron chi connectivity index (χ2n) is 15.2. The molecule has 0 aromatic carbocycles. The lowest BCUT2D eigenvalue weighted by Crippen LogP contribution is -2.65. The number of urea groups is 1. The van der Waals surface area contributed by atoms with E-state index in [1.165, 1.54) is 83.5 Å². The Bertz CT molecular complexity index is 902. The average Bonchev–Trinajstić information content (AvgIpc) is 3.00. The summed E-state index contributed by atoms with van der Waals surface area (Å²) >= 11 is 0. The van der Waals surface area contributed by atoms with Crippen LogP contribution in [-0.4, -0.2) is 59.9 Å². The summed E-state index contributed by atoms with van der Waals surface area (Å²) in [6.45, 7) is 10.1. The molecule has 46 heavy (non-hydrogen) atoms. The maximum atomic E-state index is 13.3. The number of carboxylic acids is 1. The quantitative estimate of drug-likeness (QED) is 0.115. The normalized spacial score (nSPS) is 20.9. The van der Waals surface area contributed by atoms with Crippen molar-refractivity contribution in [3.05, 3.63) is 0 Å². The molecule has 1 aliphatic heterocycles. The molecule has 0 bridgehead atoms. The van der Waals surface area contributed by atoms with E-state index in [0.717, 1.165) is 38.5 Å². The molecule has 268 valence electrons. The average molecular weight is 651 g/mol. The fraction of sp³-hybridized carbons (Fsp3) is 0.919. The van der Waals surface area contributed by atoms with Gasteiger partial charge in [-0.15, -0.1) is 0 Å². The fourth-order valence-electron chi connectivity index (χ4n) is 7.45. The molecule has 0 aromatic heterocycles. The molecule has 9 heteroatoms. The number of primary amides is 1. The number of carboxylic acid groups (broad SMARTS) is 1. The summed E-state index contributed by atoms with van der Waals surface area (Å²) in [5.74, 6) is -3.66. The van der Waals surface area contributed by atoms with E-state index in [0.29, 0.717) is 26.0 Å². The third-order valence-electron chi connectivity index (χ3n) is 10.3. The van der Waals surface area contributed by atoms with Crippen LogP contribution in [0, 0.1) is 11.3 Å². The topological polar surface area (TPSA) is 134 Å². The number of aliphatic carboxylic acids is 1. The number of nitrogens with one attached hydrogen (secondary N) is 1. The van der Waals surface area contributed by atoms with Crippen LogP contribution in [0.1, 0.15) is 169 Å². The van der Waals surface area contributed by atoms with Crippen molar-refractivity contribution < 1.29 is 29.0 Å². The van der Waals surface area contributed by atoms with Crippen molar-refractivity contribution in [1.29, 1.82) is 0 Å². The highest BCUT2D eigenvalue weighted by atomic mass is 16.7. The Morgan fingerprint density at radius 2 is 1.28 bits per heavy atom. The highest BCUT2D eigenvalue weighted by Gasteiger charge is 2.49. The number of unbranched alkanes of at least 4 members (excludes halogenated alkanes) is 15. The van der Waals surface area contributed by atoms with Gasteiger partial charge < -0.3 is 35.3 Å². The molecule has 9 nitrogen and oxygen atoms in total. The fourth-order valence-corrected chi connectivity index (χ4v) is 7.45. The summed E-state index contributed by atoms with van der Waals surface area (Å²) in [5.41, 5.74) is 4.37. The Hall–Kier alpha value is -1.87. The Balaban J connectivity index is 1.84. The Labute approximate surface area is 280 Å². The number of hydrogen-bond acceptors (Lipinski definition) is 6. The molecule has 1 saturated heterocycles. The van der Waals surface area contributed by atoms with Gasteiger partial charge in [-0.1, -0.05) is 136 Å². The lowest BCUT2D eigenvalue weighted by atomic mass is 9.71. The lowest BCUT2D eigenvalue weighted by molar-refractivity contribution is -0.315. The van der Waals surface area contributed by atoms with E-state index in [4.69, 9.17) is 15.2 Å². The van der Waals surface area contributed by atoms with Gasteiger partial charge in [0.05, 0.1) is 12.1 Å². The summed E-state index contributed by atoms with van der Waals surface area (Å²) in [4.78, 5) is 40.5. The highest BCUT2D eigenvalue weighted by Crippen LogP contribution is 2.40. The molecule has 2 fully saturated rings. The van der Waals surface area contributed by atoms with Crippen LogP contribution < -0.4 is 16.2 Å². The summed E-state index contributed by atoms with van der Waals surface area (Å²) in [7, 11) is 0. The molecule has 2 rings (SSSR count). The predicted octanol–water partition coefficient (Wildman–Crippen LogP) is 6.99. The Morgan fingerprint density at radius 3 is 1.74 bits per heavy atom. The minimum Gasteiger partial charge on any atom is -0.550 e. The molecule has 1 saturated carbocycles. The van der Waals surface area contributed by atoms with Crippen LogP contribution in [0.15, 0.2) is 0 Å². The number of carbonyl (C=O) groups excluding carboxylic acids is 3. The molecule has 0 radical (unpaired) electrons. The number of ether oxygens (including phenoxy) is 2. The van der Waals surface area contributed by atoms with Gasteiger partial charge in [0.15, 0.2) is 5.79 Å². The summed E-state index contributed by atoms with van der Waals surface area (Å²) < 4.78 is 11.7. The van der Waals surface area contributed by atoms with Crippen molar-refractivity contribution in [2.24, 2.45) is 17.1 Å². The van der Waals surface area contributed by atoms with Gasteiger partial charge in [-0.2, -0.15) is 0 Å². The first-order chi connectivity index (χ1) is 21.9. The largest absolute Gasteiger partial charge is 0.550 e. The van der Waals surface area contributed by atoms with Crippen LogP contribution in [0.3, 0.4) is 0 Å². The van der Waals surface area contributed by atoms with Gasteiger partial charge in [0.25, 0.3) is 0 Å². The van der Waals surface area contributed by atoms with Gasteiger partial charge in [-0.3, -0.25) is 4.79 Å². The molecule has 2 atom stereocenters. The predicted molar refractivity (Wildman–Crippen MR) is 182 cm³/mol. The number of carbonyl (C=O) groups is 3. The number of nitrogens with zero attached hydrogens (tertiary/aromatic N) is 1. The van der Waals surface area contributed by atoms with Gasteiger partial charge in [-0.05, 0) is 33.1 Å². The van der Waals surface area contributed by atoms with Gasteiger partial charge in [0.2, 0.25) is 5.91 Å². The minimum atomic E-state index is -1.27. The first-order valence-electron chi connectivity index (χ1n) is 18.7. The second-order valence-corrected chi connectivity index (χ2v) is 15.2. The molecule has 3 N–H and O–H groups in total. The van der Waals surface area contributed by atoms with E-state index < -0.39 is 40.8 Å². The zero-order valence-electron chi connectivity index (χ0n) is 30.1. The van der Waals surface area contributed by atoms with Crippen LogP contribution in [0.25, 0.3) is 0 Å². The summed E-state index contributed by atoms with van der Waals surface area (Å²) in [6.07, 6.45) is 22.9. The number of hydrogen-bond donors (Lipinski definition) is 2. The third-order valence-corrected chi connectivity index (χ3v) is 10.3. The maximum Gasteiger partial charge on any atom is 0.315 e. The van der Waals surface area contributed by atoms with E-state index in [1.807, 2.05) is 13.8 Å². The van der Waals surface area contributed by atoms with Crippen molar-refractivity contribution >= 4 is 17.9 Å².